The summed E-state index contributed by atoms with van der Waals surface area (Å²) in [4.78, 5) is 14.5. The first kappa shape index (κ1) is 16.7. The number of hydrogen-bond acceptors (Lipinski definition) is 4. The van der Waals surface area contributed by atoms with Gasteiger partial charge in [-0.05, 0) is 18.6 Å². The lowest BCUT2D eigenvalue weighted by Gasteiger charge is -2.32. The second kappa shape index (κ2) is 8.13. The van der Waals surface area contributed by atoms with Crippen LogP contribution in [0.3, 0.4) is 0 Å². The Kier molecular flexibility index (Phi) is 5.67. The van der Waals surface area contributed by atoms with E-state index in [2.05, 4.69) is 34.5 Å². The second-order valence-electron chi connectivity index (χ2n) is 6.20. The molecule has 0 unspecified atom stereocenters. The van der Waals surface area contributed by atoms with Gasteiger partial charge in [0.05, 0.1) is 25.4 Å². The Morgan fingerprint density at radius 3 is 2.88 bits per heavy atom. The Labute approximate surface area is 142 Å². The fraction of sp³-hybridized carbons (Fsp3) is 0.421. The Morgan fingerprint density at radius 2 is 2.12 bits per heavy atom. The third-order valence-electron chi connectivity index (χ3n) is 4.33. The normalized spacial score (nSPS) is 18.5. The summed E-state index contributed by atoms with van der Waals surface area (Å²) >= 11 is 0. The van der Waals surface area contributed by atoms with Crippen LogP contribution in [0.2, 0.25) is 0 Å². The molecule has 0 aliphatic carbocycles. The number of aryl methyl sites for hydroxylation is 1. The van der Waals surface area contributed by atoms with E-state index in [4.69, 9.17) is 9.15 Å². The fourth-order valence-electron chi connectivity index (χ4n) is 2.96. The van der Waals surface area contributed by atoms with Gasteiger partial charge in [-0.15, -0.1) is 0 Å². The zero-order chi connectivity index (χ0) is 16.8. The highest BCUT2D eigenvalue weighted by molar-refractivity contribution is 5.76. The Bertz CT molecular complexity index is 654. The quantitative estimate of drug-likeness (QED) is 0.885. The number of nitrogens with one attached hydrogen (secondary N) is 1. The van der Waals surface area contributed by atoms with E-state index in [1.165, 1.54) is 5.56 Å². The maximum absolute atomic E-state index is 12.1. The second-order valence-corrected chi connectivity index (χ2v) is 6.20. The van der Waals surface area contributed by atoms with Gasteiger partial charge >= 0.3 is 0 Å². The molecule has 0 radical (unpaired) electrons. The summed E-state index contributed by atoms with van der Waals surface area (Å²) in [6.45, 7) is 5.66. The topological polar surface area (TPSA) is 54.7 Å². The lowest BCUT2D eigenvalue weighted by Crippen LogP contribution is -2.44. The molecule has 5 heteroatoms. The highest BCUT2D eigenvalue weighted by Crippen LogP contribution is 2.13. The van der Waals surface area contributed by atoms with Gasteiger partial charge in [-0.2, -0.15) is 0 Å². The molecule has 0 spiro atoms. The molecule has 1 aliphatic heterocycles. The van der Waals surface area contributed by atoms with Crippen LogP contribution in [0.5, 0.6) is 0 Å². The molecule has 1 amide bonds. The van der Waals surface area contributed by atoms with Crippen molar-refractivity contribution >= 4 is 5.91 Å². The van der Waals surface area contributed by atoms with Crippen LogP contribution in [0.25, 0.3) is 0 Å². The summed E-state index contributed by atoms with van der Waals surface area (Å²) in [6.07, 6.45) is 1.98. The lowest BCUT2D eigenvalue weighted by atomic mass is 10.1. The van der Waals surface area contributed by atoms with E-state index in [1.54, 1.807) is 6.26 Å². The molecule has 0 bridgehead atoms. The molecule has 1 fully saturated rings. The van der Waals surface area contributed by atoms with Crippen molar-refractivity contribution in [3.8, 4) is 0 Å². The molecule has 1 aromatic heterocycles. The average molecular weight is 328 g/mol. The van der Waals surface area contributed by atoms with Crippen LogP contribution in [-0.4, -0.2) is 36.6 Å². The molecular weight excluding hydrogens is 304 g/mol. The van der Waals surface area contributed by atoms with E-state index in [-0.39, 0.29) is 12.0 Å². The van der Waals surface area contributed by atoms with Gasteiger partial charge < -0.3 is 14.5 Å². The van der Waals surface area contributed by atoms with Crippen molar-refractivity contribution in [2.75, 3.05) is 19.7 Å². The van der Waals surface area contributed by atoms with Gasteiger partial charge in [0.15, 0.2) is 0 Å². The number of furan rings is 1. The number of amides is 1. The van der Waals surface area contributed by atoms with E-state index in [0.717, 1.165) is 31.0 Å². The van der Waals surface area contributed by atoms with Crippen LogP contribution in [0.15, 0.2) is 47.1 Å². The predicted molar refractivity (Wildman–Crippen MR) is 91.4 cm³/mol. The SMILES string of the molecule is Cc1occc1CNC(=O)C[C@@H]1CN(Cc2ccccc2)CCO1. The van der Waals surface area contributed by atoms with Crippen molar-refractivity contribution in [1.82, 2.24) is 10.2 Å². The Morgan fingerprint density at radius 1 is 1.29 bits per heavy atom. The highest BCUT2D eigenvalue weighted by Gasteiger charge is 2.23. The fourth-order valence-corrected chi connectivity index (χ4v) is 2.96. The summed E-state index contributed by atoms with van der Waals surface area (Å²) in [5.41, 5.74) is 2.30. The van der Waals surface area contributed by atoms with Crippen molar-refractivity contribution in [3.63, 3.8) is 0 Å². The van der Waals surface area contributed by atoms with Gasteiger partial charge in [-0.25, -0.2) is 0 Å². The van der Waals surface area contributed by atoms with E-state index >= 15 is 0 Å². The largest absolute Gasteiger partial charge is 0.469 e. The van der Waals surface area contributed by atoms with Crippen molar-refractivity contribution in [2.24, 2.45) is 0 Å². The minimum absolute atomic E-state index is 0.0159. The zero-order valence-corrected chi connectivity index (χ0v) is 14.0. The number of ether oxygens (including phenoxy) is 1. The van der Waals surface area contributed by atoms with E-state index < -0.39 is 0 Å². The van der Waals surface area contributed by atoms with E-state index in [1.807, 2.05) is 19.1 Å². The minimum atomic E-state index is -0.0482. The predicted octanol–water partition coefficient (Wildman–Crippen LogP) is 2.50. The lowest BCUT2D eigenvalue weighted by molar-refractivity contribution is -0.126. The first-order valence-corrected chi connectivity index (χ1v) is 8.38. The number of morpholine rings is 1. The summed E-state index contributed by atoms with van der Waals surface area (Å²) in [6, 6.07) is 12.3. The summed E-state index contributed by atoms with van der Waals surface area (Å²) in [7, 11) is 0. The third-order valence-corrected chi connectivity index (χ3v) is 4.33. The summed E-state index contributed by atoms with van der Waals surface area (Å²) < 4.78 is 11.0. The molecule has 128 valence electrons. The van der Waals surface area contributed by atoms with Crippen molar-refractivity contribution < 1.29 is 13.9 Å². The third kappa shape index (κ3) is 4.69. The number of nitrogens with zero attached hydrogens (tertiary/aromatic N) is 1. The number of carbonyl (C=O) groups is 1. The molecule has 5 nitrogen and oxygen atoms in total. The summed E-state index contributed by atoms with van der Waals surface area (Å²) in [5.74, 6) is 0.861. The van der Waals surface area contributed by atoms with Crippen LogP contribution in [0.4, 0.5) is 0 Å². The molecule has 0 saturated carbocycles. The Balaban J connectivity index is 1.44. The maximum Gasteiger partial charge on any atom is 0.222 e. The van der Waals surface area contributed by atoms with Gasteiger partial charge in [0.1, 0.15) is 5.76 Å². The van der Waals surface area contributed by atoms with Crippen LogP contribution in [0.1, 0.15) is 23.3 Å². The molecular formula is C19H24N2O3. The van der Waals surface area contributed by atoms with Crippen molar-refractivity contribution in [1.29, 1.82) is 0 Å². The Hall–Kier alpha value is -2.11. The van der Waals surface area contributed by atoms with Crippen molar-refractivity contribution in [2.45, 2.75) is 32.5 Å². The molecule has 1 atom stereocenters. The molecule has 24 heavy (non-hydrogen) atoms. The molecule has 3 rings (SSSR count). The first-order valence-electron chi connectivity index (χ1n) is 8.38. The van der Waals surface area contributed by atoms with Crippen LogP contribution >= 0.6 is 0 Å². The molecule has 2 aromatic rings. The molecule has 2 heterocycles. The highest BCUT2D eigenvalue weighted by atomic mass is 16.5. The number of hydrogen-bond donors (Lipinski definition) is 1. The van der Waals surface area contributed by atoms with Gasteiger partial charge in [0, 0.05) is 31.7 Å². The molecule has 1 N–H and O–H groups in total. The van der Waals surface area contributed by atoms with Crippen LogP contribution in [-0.2, 0) is 22.6 Å². The number of rotatable bonds is 6. The van der Waals surface area contributed by atoms with E-state index in [0.29, 0.717) is 19.6 Å². The van der Waals surface area contributed by atoms with E-state index in [9.17, 15) is 4.79 Å². The molecule has 1 saturated heterocycles. The minimum Gasteiger partial charge on any atom is -0.469 e. The smallest absolute Gasteiger partial charge is 0.222 e. The van der Waals surface area contributed by atoms with Gasteiger partial charge in [-0.3, -0.25) is 9.69 Å². The zero-order valence-electron chi connectivity index (χ0n) is 14.0. The van der Waals surface area contributed by atoms with Gasteiger partial charge in [0.25, 0.3) is 0 Å². The number of benzene rings is 1. The van der Waals surface area contributed by atoms with Gasteiger partial charge in [-0.1, -0.05) is 30.3 Å². The maximum atomic E-state index is 12.1. The average Bonchev–Trinajstić information content (AvgIpc) is 2.99. The number of carbonyl (C=O) groups excluding carboxylic acids is 1. The standard InChI is InChI=1S/C19H24N2O3/c1-15-17(7-9-23-15)12-20-19(22)11-18-14-21(8-10-24-18)13-16-5-3-2-4-6-16/h2-7,9,18H,8,10-14H2,1H3,(H,20,22)/t18-/m1/s1. The molecule has 1 aromatic carbocycles. The molecule has 1 aliphatic rings. The van der Waals surface area contributed by atoms with Crippen molar-refractivity contribution in [3.05, 3.63) is 59.5 Å². The van der Waals surface area contributed by atoms with Gasteiger partial charge in [0.2, 0.25) is 5.91 Å². The monoisotopic (exact) mass is 328 g/mol. The summed E-state index contributed by atoms with van der Waals surface area (Å²) in [5, 5.41) is 2.94. The van der Waals surface area contributed by atoms with Crippen LogP contribution in [0, 0.1) is 6.92 Å². The first-order chi connectivity index (χ1) is 11.7. The van der Waals surface area contributed by atoms with Crippen LogP contribution < -0.4 is 5.32 Å².